The molecule has 5 nitrogen and oxygen atoms in total. The SMILES string of the molecule is CCOc1ccccc1N1CCN(C(C)C(=O)NCC2CCCCC2)CC1. The zero-order chi connectivity index (χ0) is 19.1. The van der Waals surface area contributed by atoms with Crippen LogP contribution in [0.2, 0.25) is 0 Å². The molecule has 0 aromatic heterocycles. The molecule has 1 saturated carbocycles. The number of nitrogens with zero attached hydrogens (tertiary/aromatic N) is 2. The summed E-state index contributed by atoms with van der Waals surface area (Å²) in [6, 6.07) is 8.18. The molecule has 1 aromatic carbocycles. The minimum atomic E-state index is -0.0575. The Kier molecular flexibility index (Phi) is 7.39. The van der Waals surface area contributed by atoms with Gasteiger partial charge < -0.3 is 15.0 Å². The third-order valence-corrected chi connectivity index (χ3v) is 6.04. The van der Waals surface area contributed by atoms with E-state index in [0.29, 0.717) is 12.5 Å². The van der Waals surface area contributed by atoms with E-state index < -0.39 is 0 Å². The first-order valence-electron chi connectivity index (χ1n) is 10.7. The predicted molar refractivity (Wildman–Crippen MR) is 110 cm³/mol. The van der Waals surface area contributed by atoms with Gasteiger partial charge in [0.2, 0.25) is 5.91 Å². The lowest BCUT2D eigenvalue weighted by atomic mass is 9.89. The molecule has 1 heterocycles. The smallest absolute Gasteiger partial charge is 0.237 e. The highest BCUT2D eigenvalue weighted by Crippen LogP contribution is 2.29. The number of benzene rings is 1. The Morgan fingerprint density at radius 3 is 2.56 bits per heavy atom. The lowest BCUT2D eigenvalue weighted by molar-refractivity contribution is -0.126. The van der Waals surface area contributed by atoms with Gasteiger partial charge in [-0.05, 0) is 44.7 Å². The van der Waals surface area contributed by atoms with Gasteiger partial charge in [-0.25, -0.2) is 0 Å². The number of hydrogen-bond acceptors (Lipinski definition) is 4. The van der Waals surface area contributed by atoms with Crippen molar-refractivity contribution in [2.75, 3.05) is 44.2 Å². The predicted octanol–water partition coefficient (Wildman–Crippen LogP) is 3.29. The van der Waals surface area contributed by atoms with E-state index in [-0.39, 0.29) is 11.9 Å². The monoisotopic (exact) mass is 373 g/mol. The molecule has 150 valence electrons. The third kappa shape index (κ3) is 5.38. The van der Waals surface area contributed by atoms with Gasteiger partial charge in [0.1, 0.15) is 5.75 Å². The molecule has 27 heavy (non-hydrogen) atoms. The van der Waals surface area contributed by atoms with Crippen molar-refractivity contribution in [3.63, 3.8) is 0 Å². The van der Waals surface area contributed by atoms with Crippen molar-refractivity contribution in [2.24, 2.45) is 5.92 Å². The molecule has 1 amide bonds. The van der Waals surface area contributed by atoms with Crippen LogP contribution in [0.3, 0.4) is 0 Å². The summed E-state index contributed by atoms with van der Waals surface area (Å²) in [5, 5.41) is 3.20. The van der Waals surface area contributed by atoms with Crippen molar-refractivity contribution < 1.29 is 9.53 Å². The molecule has 1 unspecified atom stereocenters. The molecule has 1 atom stereocenters. The van der Waals surface area contributed by atoms with E-state index in [1.807, 2.05) is 26.0 Å². The van der Waals surface area contributed by atoms with Gasteiger partial charge in [-0.2, -0.15) is 0 Å². The molecular formula is C22H35N3O2. The topological polar surface area (TPSA) is 44.8 Å². The minimum Gasteiger partial charge on any atom is -0.492 e. The molecule has 1 saturated heterocycles. The Morgan fingerprint density at radius 1 is 1.15 bits per heavy atom. The molecule has 1 aliphatic heterocycles. The van der Waals surface area contributed by atoms with Crippen LogP contribution in [0.1, 0.15) is 46.0 Å². The van der Waals surface area contributed by atoms with E-state index in [9.17, 15) is 4.79 Å². The first kappa shape index (κ1) is 20.0. The molecule has 3 rings (SSSR count). The lowest BCUT2D eigenvalue weighted by Crippen LogP contribution is -2.54. The Balaban J connectivity index is 1.47. The second kappa shape index (κ2) is 9.98. The van der Waals surface area contributed by atoms with E-state index in [1.54, 1.807) is 0 Å². The van der Waals surface area contributed by atoms with E-state index >= 15 is 0 Å². The van der Waals surface area contributed by atoms with Crippen LogP contribution in [0.15, 0.2) is 24.3 Å². The van der Waals surface area contributed by atoms with Crippen molar-refractivity contribution >= 4 is 11.6 Å². The van der Waals surface area contributed by atoms with Gasteiger partial charge in [0.25, 0.3) is 0 Å². The second-order valence-corrected chi connectivity index (χ2v) is 7.85. The van der Waals surface area contributed by atoms with Crippen LogP contribution in [0.25, 0.3) is 0 Å². The van der Waals surface area contributed by atoms with Crippen LogP contribution in [-0.2, 0) is 4.79 Å². The Labute approximate surface area is 164 Å². The Hall–Kier alpha value is -1.75. The largest absolute Gasteiger partial charge is 0.492 e. The summed E-state index contributed by atoms with van der Waals surface area (Å²) in [6.07, 6.45) is 6.54. The number of hydrogen-bond donors (Lipinski definition) is 1. The van der Waals surface area contributed by atoms with E-state index in [1.165, 1.54) is 32.1 Å². The van der Waals surface area contributed by atoms with Crippen molar-refractivity contribution in [2.45, 2.75) is 52.0 Å². The number of nitrogens with one attached hydrogen (secondary N) is 1. The average molecular weight is 374 g/mol. The fraction of sp³-hybridized carbons (Fsp3) is 0.682. The summed E-state index contributed by atoms with van der Waals surface area (Å²) >= 11 is 0. The second-order valence-electron chi connectivity index (χ2n) is 7.85. The van der Waals surface area contributed by atoms with Crippen molar-refractivity contribution in [3.05, 3.63) is 24.3 Å². The van der Waals surface area contributed by atoms with Crippen LogP contribution < -0.4 is 15.0 Å². The average Bonchev–Trinajstić information content (AvgIpc) is 2.73. The molecule has 1 aromatic rings. The maximum absolute atomic E-state index is 12.6. The number of ether oxygens (including phenoxy) is 1. The summed E-state index contributed by atoms with van der Waals surface area (Å²) in [4.78, 5) is 17.3. The quantitative estimate of drug-likeness (QED) is 0.797. The number of para-hydroxylation sites is 2. The molecule has 5 heteroatoms. The fourth-order valence-electron chi connectivity index (χ4n) is 4.30. The lowest BCUT2D eigenvalue weighted by Gasteiger charge is -2.39. The maximum Gasteiger partial charge on any atom is 0.237 e. The highest BCUT2D eigenvalue weighted by atomic mass is 16.5. The van der Waals surface area contributed by atoms with E-state index in [0.717, 1.165) is 44.2 Å². The standard InChI is InChI=1S/C22H35N3O2/c1-3-27-21-12-8-7-11-20(21)25-15-13-24(14-16-25)18(2)22(26)23-17-19-9-5-4-6-10-19/h7-8,11-12,18-19H,3-6,9-10,13-17H2,1-2H3,(H,23,26). The van der Waals surface area contributed by atoms with Gasteiger partial charge >= 0.3 is 0 Å². The van der Waals surface area contributed by atoms with Gasteiger partial charge in [-0.15, -0.1) is 0 Å². The van der Waals surface area contributed by atoms with Crippen molar-refractivity contribution in [3.8, 4) is 5.75 Å². The number of carbonyl (C=O) groups is 1. The van der Waals surface area contributed by atoms with Crippen LogP contribution in [0.5, 0.6) is 5.75 Å². The number of piperazine rings is 1. The molecule has 0 bridgehead atoms. The summed E-state index contributed by atoms with van der Waals surface area (Å²) in [5.74, 6) is 1.82. The Bertz CT molecular complexity index is 593. The van der Waals surface area contributed by atoms with E-state index in [4.69, 9.17) is 4.74 Å². The number of carbonyl (C=O) groups excluding carboxylic acids is 1. The van der Waals surface area contributed by atoms with Crippen LogP contribution in [0.4, 0.5) is 5.69 Å². The summed E-state index contributed by atoms with van der Waals surface area (Å²) in [7, 11) is 0. The minimum absolute atomic E-state index is 0.0575. The third-order valence-electron chi connectivity index (χ3n) is 6.04. The van der Waals surface area contributed by atoms with Crippen LogP contribution in [0, 0.1) is 5.92 Å². The molecule has 0 radical (unpaired) electrons. The highest BCUT2D eigenvalue weighted by Gasteiger charge is 2.27. The fourth-order valence-corrected chi connectivity index (χ4v) is 4.30. The first-order chi connectivity index (χ1) is 13.2. The first-order valence-corrected chi connectivity index (χ1v) is 10.7. The number of anilines is 1. The summed E-state index contributed by atoms with van der Waals surface area (Å²) < 4.78 is 5.77. The van der Waals surface area contributed by atoms with Gasteiger partial charge in [0.05, 0.1) is 18.3 Å². The van der Waals surface area contributed by atoms with Crippen LogP contribution >= 0.6 is 0 Å². The van der Waals surface area contributed by atoms with Gasteiger partial charge in [0.15, 0.2) is 0 Å². The van der Waals surface area contributed by atoms with Crippen molar-refractivity contribution in [1.82, 2.24) is 10.2 Å². The zero-order valence-corrected chi connectivity index (χ0v) is 17.0. The zero-order valence-electron chi connectivity index (χ0n) is 17.0. The molecular weight excluding hydrogens is 338 g/mol. The maximum atomic E-state index is 12.6. The summed E-state index contributed by atoms with van der Waals surface area (Å²) in [5.41, 5.74) is 1.16. The summed E-state index contributed by atoms with van der Waals surface area (Å²) in [6.45, 7) is 9.23. The molecule has 1 N–H and O–H groups in total. The number of rotatable bonds is 7. The van der Waals surface area contributed by atoms with Gasteiger partial charge in [-0.3, -0.25) is 9.69 Å². The molecule has 2 fully saturated rings. The molecule has 1 aliphatic carbocycles. The number of amides is 1. The van der Waals surface area contributed by atoms with Crippen LogP contribution in [-0.4, -0.2) is 56.2 Å². The Morgan fingerprint density at radius 2 is 1.85 bits per heavy atom. The van der Waals surface area contributed by atoms with E-state index in [2.05, 4.69) is 27.2 Å². The van der Waals surface area contributed by atoms with Crippen molar-refractivity contribution in [1.29, 1.82) is 0 Å². The normalized spacial score (nSPS) is 20.3. The highest BCUT2D eigenvalue weighted by molar-refractivity contribution is 5.81. The van der Waals surface area contributed by atoms with Gasteiger partial charge in [-0.1, -0.05) is 31.4 Å². The molecule has 0 spiro atoms. The molecule has 2 aliphatic rings. The van der Waals surface area contributed by atoms with Gasteiger partial charge in [0, 0.05) is 32.7 Å².